The fraction of sp³-hybridized carbons (Fsp3) is 0.286. The highest BCUT2D eigenvalue weighted by Gasteiger charge is 2.22. The molecule has 2 aromatic carbocycles. The topological polar surface area (TPSA) is 75.1 Å². The van der Waals surface area contributed by atoms with Gasteiger partial charge < -0.3 is 0 Å². The fourth-order valence-electron chi connectivity index (χ4n) is 3.70. The maximum atomic E-state index is 10.8. The van der Waals surface area contributed by atoms with Crippen molar-refractivity contribution in [2.45, 2.75) is 25.3 Å². The lowest BCUT2D eigenvalue weighted by Crippen LogP contribution is -2.32. The Balaban J connectivity index is 1.34. The molecular formula is C21H21ClN4O2. The van der Waals surface area contributed by atoms with E-state index in [1.807, 2.05) is 36.4 Å². The van der Waals surface area contributed by atoms with Gasteiger partial charge in [0.15, 0.2) is 0 Å². The maximum Gasteiger partial charge on any atom is 0.269 e. The third kappa shape index (κ3) is 4.24. The van der Waals surface area contributed by atoms with Crippen molar-refractivity contribution in [1.29, 1.82) is 0 Å². The number of likely N-dealkylation sites (tertiary alicyclic amines) is 1. The van der Waals surface area contributed by atoms with E-state index in [0.717, 1.165) is 54.3 Å². The Bertz CT molecular complexity index is 945. The molecule has 1 saturated heterocycles. The molecule has 2 heterocycles. The van der Waals surface area contributed by atoms with Crippen molar-refractivity contribution in [3.8, 4) is 11.3 Å². The van der Waals surface area contributed by atoms with E-state index in [1.165, 1.54) is 5.69 Å². The van der Waals surface area contributed by atoms with Crippen LogP contribution in [0.1, 0.15) is 30.0 Å². The van der Waals surface area contributed by atoms with Crippen molar-refractivity contribution < 1.29 is 4.92 Å². The Labute approximate surface area is 168 Å². The van der Waals surface area contributed by atoms with E-state index in [0.29, 0.717) is 5.92 Å². The van der Waals surface area contributed by atoms with Crippen LogP contribution >= 0.6 is 11.6 Å². The van der Waals surface area contributed by atoms with Crippen LogP contribution in [0.3, 0.4) is 0 Å². The zero-order valence-corrected chi connectivity index (χ0v) is 16.1. The zero-order chi connectivity index (χ0) is 19.5. The van der Waals surface area contributed by atoms with Crippen LogP contribution in [0.2, 0.25) is 5.02 Å². The monoisotopic (exact) mass is 396 g/mol. The first-order valence-corrected chi connectivity index (χ1v) is 9.73. The highest BCUT2D eigenvalue weighted by molar-refractivity contribution is 6.30. The lowest BCUT2D eigenvalue weighted by molar-refractivity contribution is -0.384. The number of non-ortho nitro benzene ring substituents is 1. The van der Waals surface area contributed by atoms with Crippen LogP contribution < -0.4 is 0 Å². The Morgan fingerprint density at radius 2 is 1.79 bits per heavy atom. The first-order valence-electron chi connectivity index (χ1n) is 9.35. The zero-order valence-electron chi connectivity index (χ0n) is 15.3. The number of H-pyrrole nitrogens is 1. The molecule has 0 bridgehead atoms. The van der Waals surface area contributed by atoms with Crippen molar-refractivity contribution in [3.05, 3.63) is 81.0 Å². The summed E-state index contributed by atoms with van der Waals surface area (Å²) in [4.78, 5) is 12.8. The second-order valence-electron chi connectivity index (χ2n) is 7.19. The number of aromatic nitrogens is 2. The number of nitro benzene ring substituents is 1. The van der Waals surface area contributed by atoms with Gasteiger partial charge in [-0.1, -0.05) is 35.9 Å². The summed E-state index contributed by atoms with van der Waals surface area (Å²) < 4.78 is 0. The van der Waals surface area contributed by atoms with Gasteiger partial charge in [-0.15, -0.1) is 0 Å². The first kappa shape index (κ1) is 18.7. The average Bonchev–Trinajstić information content (AvgIpc) is 3.20. The summed E-state index contributed by atoms with van der Waals surface area (Å²) in [5, 5.41) is 19.2. The normalized spacial score (nSPS) is 15.6. The standard InChI is InChI=1S/C21H21ClN4O2/c22-18-5-3-16(4-6-18)20-13-21(24-23-20)17-9-11-25(12-10-17)14-15-1-7-19(8-2-15)26(27)28/h1-8,13,17H,9-12,14H2,(H,23,24). The second kappa shape index (κ2) is 8.12. The van der Waals surface area contributed by atoms with Gasteiger partial charge in [-0.25, -0.2) is 0 Å². The number of piperidine rings is 1. The molecule has 28 heavy (non-hydrogen) atoms. The molecule has 1 aromatic heterocycles. The first-order chi connectivity index (χ1) is 13.6. The minimum Gasteiger partial charge on any atom is -0.299 e. The Hall–Kier alpha value is -2.70. The molecule has 0 aliphatic carbocycles. The molecule has 144 valence electrons. The minimum absolute atomic E-state index is 0.137. The van der Waals surface area contributed by atoms with Crippen LogP contribution in [0.5, 0.6) is 0 Å². The van der Waals surface area contributed by atoms with Gasteiger partial charge in [0.25, 0.3) is 5.69 Å². The number of aromatic amines is 1. The fourth-order valence-corrected chi connectivity index (χ4v) is 3.82. The molecule has 1 aliphatic rings. The smallest absolute Gasteiger partial charge is 0.269 e. The third-order valence-corrected chi connectivity index (χ3v) is 5.57. The molecule has 0 unspecified atom stereocenters. The predicted molar refractivity (Wildman–Crippen MR) is 109 cm³/mol. The molecule has 0 spiro atoms. The van der Waals surface area contributed by atoms with E-state index in [-0.39, 0.29) is 10.6 Å². The van der Waals surface area contributed by atoms with Crippen molar-refractivity contribution in [1.82, 2.24) is 15.1 Å². The van der Waals surface area contributed by atoms with E-state index < -0.39 is 0 Å². The van der Waals surface area contributed by atoms with Crippen LogP contribution in [0, 0.1) is 10.1 Å². The lowest BCUT2D eigenvalue weighted by Gasteiger charge is -2.31. The SMILES string of the molecule is O=[N+]([O-])c1ccc(CN2CCC(c3cc(-c4ccc(Cl)cc4)n[nH]3)CC2)cc1. The molecule has 0 amide bonds. The average molecular weight is 397 g/mol. The highest BCUT2D eigenvalue weighted by atomic mass is 35.5. The summed E-state index contributed by atoms with van der Waals surface area (Å²) in [5.74, 6) is 0.474. The van der Waals surface area contributed by atoms with Crippen LogP contribution in [0.4, 0.5) is 5.69 Å². The van der Waals surface area contributed by atoms with Gasteiger partial charge in [-0.05, 0) is 49.7 Å². The van der Waals surface area contributed by atoms with Crippen molar-refractivity contribution in [3.63, 3.8) is 0 Å². The summed E-state index contributed by atoms with van der Waals surface area (Å²) in [5.41, 5.74) is 4.43. The molecule has 0 saturated carbocycles. The minimum atomic E-state index is -0.363. The second-order valence-corrected chi connectivity index (χ2v) is 7.63. The van der Waals surface area contributed by atoms with E-state index in [2.05, 4.69) is 21.2 Å². The van der Waals surface area contributed by atoms with Gasteiger partial charge in [0, 0.05) is 40.9 Å². The number of hydrogen-bond donors (Lipinski definition) is 1. The van der Waals surface area contributed by atoms with Gasteiger partial charge in [-0.3, -0.25) is 20.1 Å². The van der Waals surface area contributed by atoms with Crippen LogP contribution in [-0.2, 0) is 6.54 Å². The Morgan fingerprint density at radius 3 is 2.43 bits per heavy atom. The third-order valence-electron chi connectivity index (χ3n) is 5.32. The molecule has 1 N–H and O–H groups in total. The highest BCUT2D eigenvalue weighted by Crippen LogP contribution is 2.30. The van der Waals surface area contributed by atoms with E-state index in [1.54, 1.807) is 12.1 Å². The summed E-state index contributed by atoms with van der Waals surface area (Å²) >= 11 is 5.96. The number of rotatable bonds is 5. The molecule has 1 fully saturated rings. The number of hydrogen-bond acceptors (Lipinski definition) is 4. The predicted octanol–water partition coefficient (Wildman–Crippen LogP) is 5.02. The molecule has 4 rings (SSSR count). The summed E-state index contributed by atoms with van der Waals surface area (Å²) in [6, 6.07) is 16.7. The number of nitrogens with zero attached hydrogens (tertiary/aromatic N) is 3. The largest absolute Gasteiger partial charge is 0.299 e. The van der Waals surface area contributed by atoms with Gasteiger partial charge >= 0.3 is 0 Å². The maximum absolute atomic E-state index is 10.8. The van der Waals surface area contributed by atoms with Crippen LogP contribution in [0.25, 0.3) is 11.3 Å². The Morgan fingerprint density at radius 1 is 1.11 bits per heavy atom. The number of benzene rings is 2. The van der Waals surface area contributed by atoms with Crippen molar-refractivity contribution >= 4 is 17.3 Å². The number of halogens is 1. The molecule has 1 aliphatic heterocycles. The molecule has 6 nitrogen and oxygen atoms in total. The van der Waals surface area contributed by atoms with Crippen molar-refractivity contribution in [2.24, 2.45) is 0 Å². The summed E-state index contributed by atoms with van der Waals surface area (Å²) in [6.07, 6.45) is 2.13. The molecular weight excluding hydrogens is 376 g/mol. The lowest BCUT2D eigenvalue weighted by atomic mass is 9.93. The van der Waals surface area contributed by atoms with Gasteiger partial charge in [0.2, 0.25) is 0 Å². The molecule has 7 heteroatoms. The quantitative estimate of drug-likeness (QED) is 0.485. The molecule has 3 aromatic rings. The molecule has 0 radical (unpaired) electrons. The number of nitrogens with one attached hydrogen (secondary N) is 1. The van der Waals surface area contributed by atoms with Gasteiger partial charge in [0.1, 0.15) is 0 Å². The van der Waals surface area contributed by atoms with Crippen LogP contribution in [0.15, 0.2) is 54.6 Å². The van der Waals surface area contributed by atoms with Crippen LogP contribution in [-0.4, -0.2) is 33.1 Å². The van der Waals surface area contributed by atoms with Gasteiger partial charge in [-0.2, -0.15) is 5.10 Å². The Kier molecular flexibility index (Phi) is 5.41. The van der Waals surface area contributed by atoms with Crippen molar-refractivity contribution in [2.75, 3.05) is 13.1 Å². The van der Waals surface area contributed by atoms with E-state index >= 15 is 0 Å². The molecule has 0 atom stereocenters. The van der Waals surface area contributed by atoms with E-state index in [4.69, 9.17) is 11.6 Å². The summed E-state index contributed by atoms with van der Waals surface area (Å²) in [7, 11) is 0. The van der Waals surface area contributed by atoms with Gasteiger partial charge in [0.05, 0.1) is 10.6 Å². The number of nitro groups is 1. The summed E-state index contributed by atoms with van der Waals surface area (Å²) in [6.45, 7) is 2.82. The van der Waals surface area contributed by atoms with E-state index in [9.17, 15) is 10.1 Å².